The van der Waals surface area contributed by atoms with Crippen molar-refractivity contribution in [1.82, 2.24) is 4.98 Å². The fourth-order valence-electron chi connectivity index (χ4n) is 3.27. The van der Waals surface area contributed by atoms with E-state index in [1.807, 2.05) is 19.9 Å². The highest BCUT2D eigenvalue weighted by molar-refractivity contribution is 6.09. The summed E-state index contributed by atoms with van der Waals surface area (Å²) < 4.78 is 0. The van der Waals surface area contributed by atoms with Crippen molar-refractivity contribution in [1.29, 1.82) is 0 Å². The maximum absolute atomic E-state index is 12.4. The number of fused-ring (bicyclic) bond motifs is 2. The number of carbonyl (C=O) groups is 1. The molecule has 0 saturated heterocycles. The minimum absolute atomic E-state index is 0. The molecule has 112 valence electrons. The molecule has 0 fully saturated rings. The minimum Gasteiger partial charge on any atom is -0.398 e. The third-order valence-electron chi connectivity index (χ3n) is 4.10. The Morgan fingerprint density at radius 3 is 2.52 bits per heavy atom. The fraction of sp³-hybridized carbons (Fsp3) is 0.412. The van der Waals surface area contributed by atoms with Crippen molar-refractivity contribution in [3.05, 3.63) is 34.5 Å². The molecule has 0 spiro atoms. The molecule has 4 heteroatoms. The van der Waals surface area contributed by atoms with E-state index in [0.717, 1.165) is 34.1 Å². The van der Waals surface area contributed by atoms with Crippen LogP contribution in [0.4, 0.5) is 5.69 Å². The zero-order valence-corrected chi connectivity index (χ0v) is 13.7. The Kier molecular flexibility index (Phi) is 3.75. The third kappa shape index (κ3) is 2.51. The van der Waals surface area contributed by atoms with Crippen molar-refractivity contribution in [3.63, 3.8) is 0 Å². The molecule has 0 amide bonds. The molecule has 1 aliphatic rings. The van der Waals surface area contributed by atoms with Crippen LogP contribution in [0.25, 0.3) is 10.9 Å². The smallest absolute Gasteiger partial charge is 0.167 e. The largest absolute Gasteiger partial charge is 0.398 e. The van der Waals surface area contributed by atoms with Crippen LogP contribution in [-0.4, -0.2) is 10.8 Å². The summed E-state index contributed by atoms with van der Waals surface area (Å²) in [5.41, 5.74) is 11.6. The number of halogens is 1. The molecular formula is C17H21ClN2O. The van der Waals surface area contributed by atoms with Crippen LogP contribution in [0.2, 0.25) is 0 Å². The van der Waals surface area contributed by atoms with Crippen LogP contribution in [0.3, 0.4) is 0 Å². The monoisotopic (exact) mass is 304 g/mol. The Bertz CT molecular complexity index is 750. The van der Waals surface area contributed by atoms with Gasteiger partial charge in [0.25, 0.3) is 0 Å². The number of rotatable bonds is 0. The second kappa shape index (κ2) is 4.99. The van der Waals surface area contributed by atoms with Crippen LogP contribution in [0, 0.1) is 19.3 Å². The van der Waals surface area contributed by atoms with E-state index in [2.05, 4.69) is 19.9 Å². The van der Waals surface area contributed by atoms with Gasteiger partial charge >= 0.3 is 0 Å². The number of hydrogen-bond acceptors (Lipinski definition) is 3. The summed E-state index contributed by atoms with van der Waals surface area (Å²) in [5.74, 6) is 0.127. The highest BCUT2D eigenvalue weighted by Gasteiger charge is 2.34. The predicted octanol–water partition coefficient (Wildman–Crippen LogP) is 4.01. The van der Waals surface area contributed by atoms with Crippen molar-refractivity contribution < 1.29 is 4.79 Å². The molecule has 1 aromatic carbocycles. The number of anilines is 1. The van der Waals surface area contributed by atoms with Gasteiger partial charge in [-0.3, -0.25) is 9.78 Å². The minimum atomic E-state index is -0.0319. The lowest BCUT2D eigenvalue weighted by atomic mass is 9.75. The summed E-state index contributed by atoms with van der Waals surface area (Å²) in [5, 5.41) is 0.911. The van der Waals surface area contributed by atoms with Crippen LogP contribution in [0.15, 0.2) is 12.1 Å². The Labute approximate surface area is 131 Å². The summed E-state index contributed by atoms with van der Waals surface area (Å²) in [4.78, 5) is 17.2. The highest BCUT2D eigenvalue weighted by Crippen LogP contribution is 2.39. The van der Waals surface area contributed by atoms with Gasteiger partial charge in [0, 0.05) is 11.8 Å². The summed E-state index contributed by atoms with van der Waals surface area (Å²) in [6, 6.07) is 4.13. The molecule has 3 nitrogen and oxygen atoms in total. The molecule has 21 heavy (non-hydrogen) atoms. The predicted molar refractivity (Wildman–Crippen MR) is 89.3 cm³/mol. The molecule has 0 atom stereocenters. The number of benzene rings is 1. The third-order valence-corrected chi connectivity index (χ3v) is 4.10. The quantitative estimate of drug-likeness (QED) is 0.800. The van der Waals surface area contributed by atoms with Gasteiger partial charge in [-0.05, 0) is 37.3 Å². The topological polar surface area (TPSA) is 56.0 Å². The van der Waals surface area contributed by atoms with E-state index in [1.165, 1.54) is 0 Å². The number of carbonyl (C=O) groups excluding carboxylic acids is 1. The molecule has 0 bridgehead atoms. The zero-order valence-electron chi connectivity index (χ0n) is 12.9. The number of hydrogen-bond donors (Lipinski definition) is 1. The number of nitrogens with zero attached hydrogens (tertiary/aromatic N) is 1. The SMILES string of the molecule is Cc1cc(C)c2nc3c(c(N)c2c1)C(=O)CC(C)(C)C3.Cl. The molecule has 1 aromatic heterocycles. The van der Waals surface area contributed by atoms with Crippen LogP contribution < -0.4 is 5.73 Å². The first-order chi connectivity index (χ1) is 9.28. The summed E-state index contributed by atoms with van der Waals surface area (Å²) in [6.07, 6.45) is 1.35. The number of ketones is 1. The standard InChI is InChI=1S/C17H20N2O.ClH/c1-9-5-10(2)16-11(6-9)15(18)14-12(19-16)7-17(3,4)8-13(14)20;/h5-6H,7-8H2,1-4H3,(H2,18,19);1H. The van der Waals surface area contributed by atoms with Gasteiger partial charge in [0.15, 0.2) is 5.78 Å². The molecule has 1 aliphatic carbocycles. The maximum atomic E-state index is 12.4. The van der Waals surface area contributed by atoms with Gasteiger partial charge in [0.1, 0.15) is 0 Å². The van der Waals surface area contributed by atoms with E-state index in [-0.39, 0.29) is 23.6 Å². The lowest BCUT2D eigenvalue weighted by molar-refractivity contribution is 0.0912. The fourth-order valence-corrected chi connectivity index (χ4v) is 3.27. The van der Waals surface area contributed by atoms with Gasteiger partial charge in [-0.1, -0.05) is 25.5 Å². The van der Waals surface area contributed by atoms with E-state index in [0.29, 0.717) is 17.7 Å². The number of aryl methyl sites for hydroxylation is 2. The number of aromatic nitrogens is 1. The normalized spacial score (nSPS) is 16.5. The van der Waals surface area contributed by atoms with Crippen molar-refractivity contribution in [2.24, 2.45) is 5.41 Å². The Morgan fingerprint density at radius 1 is 1.19 bits per heavy atom. The highest BCUT2D eigenvalue weighted by atomic mass is 35.5. The van der Waals surface area contributed by atoms with Crippen LogP contribution >= 0.6 is 12.4 Å². The van der Waals surface area contributed by atoms with Gasteiger partial charge in [-0.2, -0.15) is 0 Å². The number of nitrogen functional groups attached to an aromatic ring is 1. The first-order valence-electron chi connectivity index (χ1n) is 7.01. The molecular weight excluding hydrogens is 284 g/mol. The lowest BCUT2D eigenvalue weighted by Crippen LogP contribution is -2.29. The van der Waals surface area contributed by atoms with Crippen LogP contribution in [0.1, 0.15) is 47.4 Å². The molecule has 0 saturated carbocycles. The van der Waals surface area contributed by atoms with Gasteiger partial charge in [-0.15, -0.1) is 12.4 Å². The molecule has 3 rings (SSSR count). The first kappa shape index (κ1) is 15.8. The zero-order chi connectivity index (χ0) is 14.7. The van der Waals surface area contributed by atoms with Gasteiger partial charge in [-0.25, -0.2) is 0 Å². The second-order valence-electron chi connectivity index (χ2n) is 6.77. The number of Topliss-reactive ketones (excluding diaryl/α,β-unsaturated/α-hetero) is 1. The Hall–Kier alpha value is -1.61. The van der Waals surface area contributed by atoms with E-state index in [9.17, 15) is 4.79 Å². The van der Waals surface area contributed by atoms with E-state index in [4.69, 9.17) is 10.7 Å². The van der Waals surface area contributed by atoms with Crippen molar-refractivity contribution in [2.45, 2.75) is 40.5 Å². The van der Waals surface area contributed by atoms with Crippen molar-refractivity contribution in [3.8, 4) is 0 Å². The molecule has 0 aliphatic heterocycles. The van der Waals surface area contributed by atoms with E-state index in [1.54, 1.807) is 0 Å². The molecule has 0 radical (unpaired) electrons. The molecule has 2 aromatic rings. The molecule has 2 N–H and O–H groups in total. The van der Waals surface area contributed by atoms with Crippen molar-refractivity contribution >= 4 is 34.8 Å². The first-order valence-corrected chi connectivity index (χ1v) is 7.01. The Balaban J connectivity index is 0.00000161. The summed E-state index contributed by atoms with van der Waals surface area (Å²) in [7, 11) is 0. The van der Waals surface area contributed by atoms with Gasteiger partial charge in [0.2, 0.25) is 0 Å². The van der Waals surface area contributed by atoms with Crippen LogP contribution in [0.5, 0.6) is 0 Å². The average molecular weight is 305 g/mol. The summed E-state index contributed by atoms with van der Waals surface area (Å²) >= 11 is 0. The van der Waals surface area contributed by atoms with Gasteiger partial charge < -0.3 is 5.73 Å². The summed E-state index contributed by atoms with van der Waals surface area (Å²) in [6.45, 7) is 8.30. The van der Waals surface area contributed by atoms with Gasteiger partial charge in [0.05, 0.1) is 22.5 Å². The maximum Gasteiger partial charge on any atom is 0.167 e. The second-order valence-corrected chi connectivity index (χ2v) is 6.77. The van der Waals surface area contributed by atoms with E-state index >= 15 is 0 Å². The van der Waals surface area contributed by atoms with Crippen LogP contribution in [-0.2, 0) is 6.42 Å². The average Bonchev–Trinajstić information content (AvgIpc) is 2.28. The lowest BCUT2D eigenvalue weighted by Gasteiger charge is -2.30. The molecule has 0 unspecified atom stereocenters. The van der Waals surface area contributed by atoms with E-state index < -0.39 is 0 Å². The number of pyridine rings is 1. The molecule has 1 heterocycles. The van der Waals surface area contributed by atoms with Crippen molar-refractivity contribution in [2.75, 3.05) is 5.73 Å². The number of nitrogens with two attached hydrogens (primary N) is 1. The Morgan fingerprint density at radius 2 is 1.86 bits per heavy atom.